The molecule has 0 amide bonds. The van der Waals surface area contributed by atoms with Gasteiger partial charge in [-0.1, -0.05) is 30.3 Å². The summed E-state index contributed by atoms with van der Waals surface area (Å²) >= 11 is 0. The van der Waals surface area contributed by atoms with Crippen LogP contribution in [0.2, 0.25) is 0 Å². The van der Waals surface area contributed by atoms with Gasteiger partial charge in [-0.2, -0.15) is 4.31 Å². The monoisotopic (exact) mass is 364 g/mol. The number of methoxy groups -OCH3 is 1. The van der Waals surface area contributed by atoms with Gasteiger partial charge < -0.3 is 15.2 Å². The van der Waals surface area contributed by atoms with Crippen LogP contribution in [-0.4, -0.2) is 46.1 Å². The molecule has 0 spiro atoms. The van der Waals surface area contributed by atoms with E-state index in [4.69, 9.17) is 15.2 Å². The normalized spacial score (nSPS) is 11.6. The minimum atomic E-state index is -3.63. The molecule has 0 aliphatic rings. The zero-order valence-electron chi connectivity index (χ0n) is 14.3. The zero-order valence-corrected chi connectivity index (χ0v) is 15.1. The topological polar surface area (TPSA) is 81.9 Å². The SMILES string of the molecule is COCCOc1ccc(S(=O)(=O)N(CCN)Cc2ccccc2)cc1. The van der Waals surface area contributed by atoms with Crippen LogP contribution < -0.4 is 10.5 Å². The summed E-state index contributed by atoms with van der Waals surface area (Å²) < 4.78 is 37.6. The molecule has 0 atom stereocenters. The Hall–Kier alpha value is -1.93. The average molecular weight is 364 g/mol. The highest BCUT2D eigenvalue weighted by Gasteiger charge is 2.24. The van der Waals surface area contributed by atoms with Crippen molar-refractivity contribution in [2.45, 2.75) is 11.4 Å². The summed E-state index contributed by atoms with van der Waals surface area (Å²) in [6, 6.07) is 15.8. The van der Waals surface area contributed by atoms with E-state index in [0.717, 1.165) is 5.56 Å². The number of benzene rings is 2. The van der Waals surface area contributed by atoms with E-state index in [0.29, 0.717) is 19.0 Å². The number of hydrogen-bond donors (Lipinski definition) is 1. The van der Waals surface area contributed by atoms with Crippen LogP contribution in [-0.2, 0) is 21.3 Å². The Morgan fingerprint density at radius 1 is 1.00 bits per heavy atom. The molecule has 7 heteroatoms. The molecule has 0 aliphatic carbocycles. The van der Waals surface area contributed by atoms with Crippen molar-refractivity contribution in [2.24, 2.45) is 5.73 Å². The van der Waals surface area contributed by atoms with Crippen LogP contribution in [0, 0.1) is 0 Å². The van der Waals surface area contributed by atoms with Gasteiger partial charge in [0, 0.05) is 26.7 Å². The molecule has 0 radical (unpaired) electrons. The van der Waals surface area contributed by atoms with Crippen molar-refractivity contribution in [3.8, 4) is 5.75 Å². The third-order valence-electron chi connectivity index (χ3n) is 3.60. The maximum Gasteiger partial charge on any atom is 0.243 e. The highest BCUT2D eigenvalue weighted by Crippen LogP contribution is 2.21. The maximum atomic E-state index is 12.9. The fourth-order valence-corrected chi connectivity index (χ4v) is 3.76. The van der Waals surface area contributed by atoms with Crippen LogP contribution in [0.25, 0.3) is 0 Å². The molecule has 0 fully saturated rings. The molecule has 0 aromatic heterocycles. The van der Waals surface area contributed by atoms with Crippen LogP contribution in [0.4, 0.5) is 0 Å². The van der Waals surface area contributed by atoms with E-state index in [2.05, 4.69) is 0 Å². The smallest absolute Gasteiger partial charge is 0.243 e. The lowest BCUT2D eigenvalue weighted by atomic mass is 10.2. The van der Waals surface area contributed by atoms with Crippen molar-refractivity contribution >= 4 is 10.0 Å². The second-order valence-electron chi connectivity index (χ2n) is 5.43. The first kappa shape index (κ1) is 19.4. The van der Waals surface area contributed by atoms with Gasteiger partial charge in [0.25, 0.3) is 0 Å². The fraction of sp³-hybridized carbons (Fsp3) is 0.333. The van der Waals surface area contributed by atoms with Crippen LogP contribution in [0.3, 0.4) is 0 Å². The summed E-state index contributed by atoms with van der Waals surface area (Å²) in [4.78, 5) is 0.218. The molecule has 2 N–H and O–H groups in total. The van der Waals surface area contributed by atoms with E-state index in [1.165, 1.54) is 4.31 Å². The van der Waals surface area contributed by atoms with Gasteiger partial charge in [0.1, 0.15) is 12.4 Å². The Morgan fingerprint density at radius 2 is 1.68 bits per heavy atom. The summed E-state index contributed by atoms with van der Waals surface area (Å²) in [6.07, 6.45) is 0. The third-order valence-corrected chi connectivity index (χ3v) is 5.46. The first-order chi connectivity index (χ1) is 12.1. The van der Waals surface area contributed by atoms with Crippen molar-refractivity contribution < 1.29 is 17.9 Å². The Balaban J connectivity index is 2.15. The quantitative estimate of drug-likeness (QED) is 0.651. The number of sulfonamides is 1. The molecule has 0 unspecified atom stereocenters. The summed E-state index contributed by atoms with van der Waals surface area (Å²) in [6.45, 7) is 1.68. The van der Waals surface area contributed by atoms with Gasteiger partial charge in [-0.05, 0) is 29.8 Å². The molecule has 2 aromatic rings. The van der Waals surface area contributed by atoms with E-state index < -0.39 is 10.0 Å². The fourth-order valence-electron chi connectivity index (χ4n) is 2.32. The minimum Gasteiger partial charge on any atom is -0.491 e. The molecule has 0 heterocycles. The molecule has 6 nitrogen and oxygen atoms in total. The number of nitrogens with zero attached hydrogens (tertiary/aromatic N) is 1. The Morgan fingerprint density at radius 3 is 2.28 bits per heavy atom. The number of nitrogens with two attached hydrogens (primary N) is 1. The van der Waals surface area contributed by atoms with Gasteiger partial charge in [0.15, 0.2) is 0 Å². The van der Waals surface area contributed by atoms with E-state index >= 15 is 0 Å². The van der Waals surface area contributed by atoms with Crippen molar-refractivity contribution in [1.82, 2.24) is 4.31 Å². The predicted molar refractivity (Wildman–Crippen MR) is 96.9 cm³/mol. The number of ether oxygens (including phenoxy) is 2. The predicted octanol–water partition coefficient (Wildman–Crippen LogP) is 1.86. The molecule has 25 heavy (non-hydrogen) atoms. The summed E-state index contributed by atoms with van der Waals surface area (Å²) in [5.74, 6) is 0.601. The molecule has 2 aromatic carbocycles. The molecular weight excluding hydrogens is 340 g/mol. The van der Waals surface area contributed by atoms with Gasteiger partial charge >= 0.3 is 0 Å². The minimum absolute atomic E-state index is 0.218. The number of hydrogen-bond acceptors (Lipinski definition) is 5. The van der Waals surface area contributed by atoms with Gasteiger partial charge in [-0.3, -0.25) is 0 Å². The average Bonchev–Trinajstić information content (AvgIpc) is 2.63. The van der Waals surface area contributed by atoms with Crippen LogP contribution in [0.5, 0.6) is 5.75 Å². The Labute approximate surface area is 149 Å². The molecule has 0 saturated carbocycles. The van der Waals surface area contributed by atoms with Crippen LogP contribution >= 0.6 is 0 Å². The third kappa shape index (κ3) is 5.54. The summed E-state index contributed by atoms with van der Waals surface area (Å²) in [5, 5.41) is 0. The highest BCUT2D eigenvalue weighted by molar-refractivity contribution is 7.89. The van der Waals surface area contributed by atoms with Gasteiger partial charge in [0.05, 0.1) is 11.5 Å². The standard InChI is InChI=1S/C18H24N2O4S/c1-23-13-14-24-17-7-9-18(10-8-17)25(21,22)20(12-11-19)15-16-5-3-2-4-6-16/h2-10H,11-15,19H2,1H3. The molecule has 0 aliphatic heterocycles. The van der Waals surface area contributed by atoms with E-state index in [-0.39, 0.29) is 24.5 Å². The molecule has 136 valence electrons. The van der Waals surface area contributed by atoms with Crippen molar-refractivity contribution in [1.29, 1.82) is 0 Å². The second kappa shape index (κ2) is 9.53. The van der Waals surface area contributed by atoms with Gasteiger partial charge in [0.2, 0.25) is 10.0 Å². The van der Waals surface area contributed by atoms with Crippen LogP contribution in [0.1, 0.15) is 5.56 Å². The summed E-state index contributed by atoms with van der Waals surface area (Å²) in [5.41, 5.74) is 6.53. The maximum absolute atomic E-state index is 12.9. The lowest BCUT2D eigenvalue weighted by Crippen LogP contribution is -2.34. The van der Waals surface area contributed by atoms with E-state index in [1.54, 1.807) is 31.4 Å². The van der Waals surface area contributed by atoms with E-state index in [9.17, 15) is 8.42 Å². The van der Waals surface area contributed by atoms with Crippen molar-refractivity contribution in [3.05, 3.63) is 60.2 Å². The zero-order chi connectivity index (χ0) is 18.1. The molecule has 0 saturated heterocycles. The number of rotatable bonds is 10. The lowest BCUT2D eigenvalue weighted by Gasteiger charge is -2.22. The molecular formula is C18H24N2O4S. The van der Waals surface area contributed by atoms with Gasteiger partial charge in [-0.25, -0.2) is 8.42 Å². The van der Waals surface area contributed by atoms with E-state index in [1.807, 2.05) is 30.3 Å². The first-order valence-electron chi connectivity index (χ1n) is 8.04. The Kier molecular flexibility index (Phi) is 7.39. The molecule has 2 rings (SSSR count). The molecule has 0 bridgehead atoms. The highest BCUT2D eigenvalue weighted by atomic mass is 32.2. The van der Waals surface area contributed by atoms with Gasteiger partial charge in [-0.15, -0.1) is 0 Å². The van der Waals surface area contributed by atoms with Crippen molar-refractivity contribution in [2.75, 3.05) is 33.4 Å². The second-order valence-corrected chi connectivity index (χ2v) is 7.36. The first-order valence-corrected chi connectivity index (χ1v) is 9.48. The lowest BCUT2D eigenvalue weighted by molar-refractivity contribution is 0.146. The van der Waals surface area contributed by atoms with Crippen molar-refractivity contribution in [3.63, 3.8) is 0 Å². The summed E-state index contributed by atoms with van der Waals surface area (Å²) in [7, 11) is -2.04. The van der Waals surface area contributed by atoms with Crippen LogP contribution in [0.15, 0.2) is 59.5 Å². The Bertz CT molecular complexity index is 733. The largest absolute Gasteiger partial charge is 0.491 e.